The van der Waals surface area contributed by atoms with Crippen molar-refractivity contribution in [2.75, 3.05) is 0 Å². The molecule has 94 valence electrons. The van der Waals surface area contributed by atoms with Gasteiger partial charge in [-0.15, -0.1) is 0 Å². The van der Waals surface area contributed by atoms with Crippen molar-refractivity contribution < 1.29 is 19.1 Å². The van der Waals surface area contributed by atoms with E-state index in [-0.39, 0.29) is 18.2 Å². The van der Waals surface area contributed by atoms with Gasteiger partial charge in [0.1, 0.15) is 12.0 Å². The molecule has 0 unspecified atom stereocenters. The molecule has 0 amide bonds. The van der Waals surface area contributed by atoms with Crippen molar-refractivity contribution in [3.8, 4) is 5.75 Å². The van der Waals surface area contributed by atoms with Crippen LogP contribution in [0.4, 0.5) is 0 Å². The first-order valence-corrected chi connectivity index (χ1v) is 5.44. The number of hydrogen-bond acceptors (Lipinski definition) is 4. The highest BCUT2D eigenvalue weighted by Crippen LogP contribution is 2.21. The van der Waals surface area contributed by atoms with Crippen LogP contribution in [0.2, 0.25) is 0 Å². The van der Waals surface area contributed by atoms with Gasteiger partial charge in [-0.2, -0.15) is 0 Å². The normalized spacial score (nSPS) is 10.3. The third-order valence-electron chi connectivity index (χ3n) is 2.68. The Kier molecular flexibility index (Phi) is 3.32. The number of hydrogen-bond donors (Lipinski definition) is 1. The van der Waals surface area contributed by atoms with Gasteiger partial charge in [0, 0.05) is 0 Å². The lowest BCUT2D eigenvalue weighted by Gasteiger charge is -2.08. The van der Waals surface area contributed by atoms with Crippen molar-refractivity contribution in [1.82, 2.24) is 4.98 Å². The Balaban J connectivity index is 2.07. The molecule has 0 aliphatic rings. The molecule has 1 aromatic carbocycles. The summed E-state index contributed by atoms with van der Waals surface area (Å²) in [6.45, 7) is 4.07. The van der Waals surface area contributed by atoms with Gasteiger partial charge in [0.2, 0.25) is 5.89 Å². The molecule has 1 aromatic heterocycles. The van der Waals surface area contributed by atoms with Crippen LogP contribution in [0.3, 0.4) is 0 Å². The van der Waals surface area contributed by atoms with Gasteiger partial charge in [-0.05, 0) is 31.0 Å². The van der Waals surface area contributed by atoms with E-state index in [9.17, 15) is 4.79 Å². The van der Waals surface area contributed by atoms with Crippen molar-refractivity contribution in [2.24, 2.45) is 0 Å². The second kappa shape index (κ2) is 4.91. The summed E-state index contributed by atoms with van der Waals surface area (Å²) in [7, 11) is 0. The summed E-state index contributed by atoms with van der Waals surface area (Å²) in [4.78, 5) is 14.4. The zero-order valence-corrected chi connectivity index (χ0v) is 10.1. The molecule has 2 aromatic rings. The van der Waals surface area contributed by atoms with E-state index >= 15 is 0 Å². The second-order valence-corrected chi connectivity index (χ2v) is 3.92. The van der Waals surface area contributed by atoms with Crippen molar-refractivity contribution in [1.29, 1.82) is 0 Å². The maximum Gasteiger partial charge on any atom is 0.357 e. The molecule has 0 saturated heterocycles. The number of benzene rings is 1. The molecule has 0 atom stereocenters. The van der Waals surface area contributed by atoms with E-state index in [4.69, 9.17) is 14.3 Å². The Morgan fingerprint density at radius 1 is 1.44 bits per heavy atom. The predicted molar refractivity (Wildman–Crippen MR) is 63.7 cm³/mol. The number of carboxylic acid groups (broad SMARTS) is 1. The molecular weight excluding hydrogens is 234 g/mol. The fourth-order valence-corrected chi connectivity index (χ4v) is 1.50. The summed E-state index contributed by atoms with van der Waals surface area (Å²) < 4.78 is 10.5. The summed E-state index contributed by atoms with van der Waals surface area (Å²) >= 11 is 0. The minimum atomic E-state index is -1.11. The van der Waals surface area contributed by atoms with Gasteiger partial charge < -0.3 is 14.3 Å². The molecule has 0 fully saturated rings. The number of aryl methyl sites for hydroxylation is 1. The van der Waals surface area contributed by atoms with Crippen molar-refractivity contribution >= 4 is 5.97 Å². The number of ether oxygens (including phenoxy) is 1. The molecule has 0 aliphatic heterocycles. The summed E-state index contributed by atoms with van der Waals surface area (Å²) in [5.74, 6) is -0.130. The molecular formula is C13H13NO4. The van der Waals surface area contributed by atoms with E-state index in [2.05, 4.69) is 4.98 Å². The summed E-state index contributed by atoms with van der Waals surface area (Å²) in [6.07, 6.45) is 1.10. The number of oxazole rings is 1. The molecule has 0 saturated carbocycles. The minimum Gasteiger partial charge on any atom is -0.484 e. The highest BCUT2D eigenvalue weighted by Gasteiger charge is 2.11. The Labute approximate surface area is 104 Å². The molecule has 5 nitrogen and oxygen atoms in total. The number of aromatic carboxylic acids is 1. The van der Waals surface area contributed by atoms with Crippen LogP contribution in [-0.4, -0.2) is 16.1 Å². The van der Waals surface area contributed by atoms with E-state index in [0.717, 1.165) is 23.1 Å². The van der Waals surface area contributed by atoms with Crippen LogP contribution in [0, 0.1) is 13.8 Å². The van der Waals surface area contributed by atoms with Crippen molar-refractivity contribution in [2.45, 2.75) is 20.5 Å². The van der Waals surface area contributed by atoms with Gasteiger partial charge >= 0.3 is 5.97 Å². The lowest BCUT2D eigenvalue weighted by atomic mass is 10.1. The monoisotopic (exact) mass is 247 g/mol. The van der Waals surface area contributed by atoms with E-state index in [0.29, 0.717) is 0 Å². The zero-order valence-electron chi connectivity index (χ0n) is 10.1. The minimum absolute atomic E-state index is 0.109. The molecule has 1 heterocycles. The molecule has 2 rings (SSSR count). The van der Waals surface area contributed by atoms with Gasteiger partial charge in [-0.1, -0.05) is 12.1 Å². The third-order valence-corrected chi connectivity index (χ3v) is 2.68. The molecule has 0 aliphatic carbocycles. The summed E-state index contributed by atoms with van der Waals surface area (Å²) in [5.41, 5.74) is 2.06. The van der Waals surface area contributed by atoms with Gasteiger partial charge in [-0.25, -0.2) is 9.78 Å². The van der Waals surface area contributed by atoms with Crippen LogP contribution >= 0.6 is 0 Å². The maximum absolute atomic E-state index is 10.6. The van der Waals surface area contributed by atoms with E-state index in [1.165, 1.54) is 0 Å². The van der Waals surface area contributed by atoms with Gasteiger partial charge in [0.25, 0.3) is 0 Å². The number of aromatic nitrogens is 1. The van der Waals surface area contributed by atoms with Gasteiger partial charge in [0.15, 0.2) is 12.3 Å². The number of carboxylic acids is 1. The average Bonchev–Trinajstić information content (AvgIpc) is 2.80. The quantitative estimate of drug-likeness (QED) is 0.898. The first-order valence-electron chi connectivity index (χ1n) is 5.44. The number of rotatable bonds is 4. The average molecular weight is 247 g/mol. The Morgan fingerprint density at radius 2 is 2.22 bits per heavy atom. The fraction of sp³-hybridized carbons (Fsp3) is 0.231. The lowest BCUT2D eigenvalue weighted by molar-refractivity contribution is 0.0690. The van der Waals surface area contributed by atoms with E-state index in [1.807, 2.05) is 32.0 Å². The smallest absolute Gasteiger partial charge is 0.357 e. The number of nitrogens with zero attached hydrogens (tertiary/aromatic N) is 1. The van der Waals surface area contributed by atoms with Crippen LogP contribution in [0.15, 0.2) is 28.9 Å². The van der Waals surface area contributed by atoms with Crippen LogP contribution < -0.4 is 4.74 Å². The fourth-order valence-electron chi connectivity index (χ4n) is 1.50. The molecule has 1 N–H and O–H groups in total. The standard InChI is InChI=1S/C13H13NO4/c1-8-4-3-5-11(9(8)2)17-7-12-14-10(6-18-12)13(15)16/h3-6H,7H2,1-2H3,(H,15,16). The highest BCUT2D eigenvalue weighted by atomic mass is 16.5. The highest BCUT2D eigenvalue weighted by molar-refractivity contribution is 5.84. The first-order chi connectivity index (χ1) is 8.58. The van der Waals surface area contributed by atoms with Gasteiger partial charge in [-0.3, -0.25) is 0 Å². The first kappa shape index (κ1) is 12.2. The van der Waals surface area contributed by atoms with E-state index in [1.54, 1.807) is 0 Å². The van der Waals surface area contributed by atoms with Crippen LogP contribution in [0.1, 0.15) is 27.5 Å². The molecule has 0 spiro atoms. The Morgan fingerprint density at radius 3 is 2.89 bits per heavy atom. The SMILES string of the molecule is Cc1cccc(OCc2nc(C(=O)O)co2)c1C. The number of carbonyl (C=O) groups is 1. The Bertz CT molecular complexity index is 574. The zero-order chi connectivity index (χ0) is 13.1. The summed E-state index contributed by atoms with van der Waals surface area (Å²) in [5, 5.41) is 8.70. The molecule has 0 radical (unpaired) electrons. The van der Waals surface area contributed by atoms with Crippen LogP contribution in [0.5, 0.6) is 5.75 Å². The van der Waals surface area contributed by atoms with Crippen LogP contribution in [0.25, 0.3) is 0 Å². The maximum atomic E-state index is 10.6. The largest absolute Gasteiger partial charge is 0.484 e. The molecule has 0 bridgehead atoms. The van der Waals surface area contributed by atoms with Gasteiger partial charge in [0.05, 0.1) is 0 Å². The molecule has 5 heteroatoms. The lowest BCUT2D eigenvalue weighted by Crippen LogP contribution is -2.00. The topological polar surface area (TPSA) is 72.6 Å². The van der Waals surface area contributed by atoms with E-state index < -0.39 is 5.97 Å². The third kappa shape index (κ3) is 2.51. The molecule has 18 heavy (non-hydrogen) atoms. The van der Waals surface area contributed by atoms with Crippen LogP contribution in [-0.2, 0) is 6.61 Å². The van der Waals surface area contributed by atoms with Crippen molar-refractivity contribution in [3.05, 3.63) is 47.2 Å². The summed E-state index contributed by atoms with van der Waals surface area (Å²) in [6, 6.07) is 5.75. The van der Waals surface area contributed by atoms with Crippen molar-refractivity contribution in [3.63, 3.8) is 0 Å². The second-order valence-electron chi connectivity index (χ2n) is 3.92. The predicted octanol–water partition coefficient (Wildman–Crippen LogP) is 2.57. The Hall–Kier alpha value is -2.30.